The fraction of sp³-hybridized carbons (Fsp3) is 0.182. The molecule has 0 saturated heterocycles. The first-order valence-corrected chi connectivity index (χ1v) is 4.75. The Morgan fingerprint density at radius 3 is 2.80 bits per heavy atom. The lowest BCUT2D eigenvalue weighted by Crippen LogP contribution is -2.03. The summed E-state index contributed by atoms with van der Waals surface area (Å²) in [6.07, 6.45) is 6.88. The summed E-state index contributed by atoms with van der Waals surface area (Å²) in [5.41, 5.74) is 3.18. The average Bonchev–Trinajstić information content (AvgIpc) is 2.29. The van der Waals surface area contributed by atoms with E-state index in [0.29, 0.717) is 6.54 Å². The summed E-state index contributed by atoms with van der Waals surface area (Å²) in [7, 11) is 0. The highest BCUT2D eigenvalue weighted by Crippen LogP contribution is 2.11. The monoisotopic (exact) mass is 200 g/mol. The van der Waals surface area contributed by atoms with Crippen molar-refractivity contribution in [3.8, 4) is 0 Å². The van der Waals surface area contributed by atoms with Crippen LogP contribution in [0.1, 0.15) is 11.3 Å². The third-order valence-electron chi connectivity index (χ3n) is 2.14. The van der Waals surface area contributed by atoms with Gasteiger partial charge in [-0.05, 0) is 24.6 Å². The lowest BCUT2D eigenvalue weighted by molar-refractivity contribution is 1.00. The lowest BCUT2D eigenvalue weighted by Gasteiger charge is -2.07. The number of hydrogen-bond donors (Lipinski definition) is 1. The molecule has 0 atom stereocenters. The topological polar surface area (TPSA) is 50.7 Å². The molecule has 1 N–H and O–H groups in total. The van der Waals surface area contributed by atoms with Gasteiger partial charge in [0.2, 0.25) is 0 Å². The number of hydrogen-bond acceptors (Lipinski definition) is 4. The van der Waals surface area contributed by atoms with Gasteiger partial charge in [-0.25, -0.2) is 9.97 Å². The molecule has 0 bridgehead atoms. The Balaban J connectivity index is 2.03. The summed E-state index contributed by atoms with van der Waals surface area (Å²) in [4.78, 5) is 12.1. The molecule has 0 unspecified atom stereocenters. The fourth-order valence-corrected chi connectivity index (χ4v) is 1.26. The van der Waals surface area contributed by atoms with Gasteiger partial charge in [-0.2, -0.15) is 0 Å². The van der Waals surface area contributed by atoms with Gasteiger partial charge in [-0.3, -0.25) is 4.98 Å². The maximum atomic E-state index is 4.13. The first-order chi connectivity index (χ1) is 7.36. The van der Waals surface area contributed by atoms with Crippen LogP contribution in [0.5, 0.6) is 0 Å². The van der Waals surface area contributed by atoms with E-state index >= 15 is 0 Å². The molecule has 0 radical (unpaired) electrons. The highest BCUT2D eigenvalue weighted by molar-refractivity contribution is 5.47. The van der Waals surface area contributed by atoms with E-state index in [1.54, 1.807) is 18.7 Å². The molecule has 0 aromatic carbocycles. The fourth-order valence-electron chi connectivity index (χ4n) is 1.26. The molecule has 2 aromatic heterocycles. The van der Waals surface area contributed by atoms with E-state index in [-0.39, 0.29) is 0 Å². The predicted octanol–water partition coefficient (Wildman–Crippen LogP) is 1.79. The van der Waals surface area contributed by atoms with Crippen molar-refractivity contribution in [3.05, 3.63) is 48.3 Å². The molecule has 0 spiro atoms. The number of aryl methyl sites for hydroxylation is 1. The molecule has 2 heterocycles. The van der Waals surface area contributed by atoms with E-state index in [9.17, 15) is 0 Å². The second-order valence-electron chi connectivity index (χ2n) is 3.24. The van der Waals surface area contributed by atoms with Crippen LogP contribution in [-0.2, 0) is 6.54 Å². The third-order valence-corrected chi connectivity index (χ3v) is 2.14. The van der Waals surface area contributed by atoms with Gasteiger partial charge in [-0.1, -0.05) is 0 Å². The van der Waals surface area contributed by atoms with Gasteiger partial charge < -0.3 is 5.32 Å². The maximum Gasteiger partial charge on any atom is 0.115 e. The molecule has 2 rings (SSSR count). The Bertz CT molecular complexity index is 428. The average molecular weight is 200 g/mol. The van der Waals surface area contributed by atoms with Crippen LogP contribution in [0.25, 0.3) is 0 Å². The summed E-state index contributed by atoms with van der Waals surface area (Å²) in [6.45, 7) is 2.74. The van der Waals surface area contributed by atoms with E-state index in [4.69, 9.17) is 0 Å². The molecule has 0 fully saturated rings. The molecule has 0 amide bonds. The molecular formula is C11H12N4. The van der Waals surface area contributed by atoms with Gasteiger partial charge in [0.15, 0.2) is 0 Å². The predicted molar refractivity (Wildman–Crippen MR) is 58.3 cm³/mol. The minimum absolute atomic E-state index is 0.690. The maximum absolute atomic E-state index is 4.13. The first kappa shape index (κ1) is 9.58. The van der Waals surface area contributed by atoms with Crippen LogP contribution in [0.2, 0.25) is 0 Å². The van der Waals surface area contributed by atoms with Crippen molar-refractivity contribution in [2.45, 2.75) is 13.5 Å². The quantitative estimate of drug-likeness (QED) is 0.820. The van der Waals surface area contributed by atoms with Gasteiger partial charge in [0.1, 0.15) is 6.33 Å². The number of nitrogens with zero attached hydrogens (tertiary/aromatic N) is 3. The zero-order valence-corrected chi connectivity index (χ0v) is 8.51. The zero-order valence-electron chi connectivity index (χ0n) is 8.51. The van der Waals surface area contributed by atoms with Gasteiger partial charge in [0, 0.05) is 12.4 Å². The second kappa shape index (κ2) is 4.50. The second-order valence-corrected chi connectivity index (χ2v) is 3.24. The summed E-state index contributed by atoms with van der Waals surface area (Å²) in [5, 5.41) is 3.28. The number of rotatable bonds is 3. The number of pyridine rings is 1. The lowest BCUT2D eigenvalue weighted by atomic mass is 10.2. The van der Waals surface area contributed by atoms with Gasteiger partial charge >= 0.3 is 0 Å². The normalized spacial score (nSPS) is 9.93. The van der Waals surface area contributed by atoms with E-state index in [1.807, 2.05) is 25.3 Å². The Morgan fingerprint density at radius 2 is 2.07 bits per heavy atom. The summed E-state index contributed by atoms with van der Waals surface area (Å²) in [6, 6.07) is 3.86. The van der Waals surface area contributed by atoms with Crippen molar-refractivity contribution in [1.29, 1.82) is 0 Å². The Kier molecular flexibility index (Phi) is 2.88. The van der Waals surface area contributed by atoms with E-state index in [2.05, 4.69) is 20.3 Å². The van der Waals surface area contributed by atoms with Crippen LogP contribution < -0.4 is 5.32 Å². The molecule has 2 aromatic rings. The summed E-state index contributed by atoms with van der Waals surface area (Å²) < 4.78 is 0. The van der Waals surface area contributed by atoms with Crippen LogP contribution in [0.3, 0.4) is 0 Å². The van der Waals surface area contributed by atoms with Crippen molar-refractivity contribution in [2.24, 2.45) is 0 Å². The Hall–Kier alpha value is -1.97. The van der Waals surface area contributed by atoms with Crippen molar-refractivity contribution in [3.63, 3.8) is 0 Å². The Morgan fingerprint density at radius 1 is 1.20 bits per heavy atom. The van der Waals surface area contributed by atoms with Gasteiger partial charge in [0.25, 0.3) is 0 Å². The molecule has 4 heteroatoms. The van der Waals surface area contributed by atoms with Crippen LogP contribution in [0.15, 0.2) is 37.1 Å². The number of anilines is 1. The standard InChI is InChI=1S/C11H12N4/c1-9-2-4-12-7-11(9)14-6-10-3-5-13-8-15-10/h2-5,7-8,14H,6H2,1H3. The SMILES string of the molecule is Cc1ccncc1NCc1ccncn1. The van der Waals surface area contributed by atoms with E-state index < -0.39 is 0 Å². The van der Waals surface area contributed by atoms with Crippen LogP contribution in [0.4, 0.5) is 5.69 Å². The molecule has 0 aliphatic heterocycles. The zero-order chi connectivity index (χ0) is 10.5. The van der Waals surface area contributed by atoms with Crippen molar-refractivity contribution in [1.82, 2.24) is 15.0 Å². The third kappa shape index (κ3) is 2.49. The van der Waals surface area contributed by atoms with E-state index in [1.165, 1.54) is 5.56 Å². The summed E-state index contributed by atoms with van der Waals surface area (Å²) in [5.74, 6) is 0. The Labute approximate surface area is 88.4 Å². The highest BCUT2D eigenvalue weighted by Gasteiger charge is 1.97. The largest absolute Gasteiger partial charge is 0.378 e. The minimum atomic E-state index is 0.690. The molecule has 4 nitrogen and oxygen atoms in total. The molecule has 15 heavy (non-hydrogen) atoms. The highest BCUT2D eigenvalue weighted by atomic mass is 14.9. The number of nitrogens with one attached hydrogen (secondary N) is 1. The van der Waals surface area contributed by atoms with Gasteiger partial charge in [-0.15, -0.1) is 0 Å². The van der Waals surface area contributed by atoms with Crippen LogP contribution >= 0.6 is 0 Å². The molecule has 0 aliphatic rings. The summed E-state index contributed by atoms with van der Waals surface area (Å²) >= 11 is 0. The minimum Gasteiger partial charge on any atom is -0.378 e. The number of aromatic nitrogens is 3. The van der Waals surface area contributed by atoms with Crippen LogP contribution in [-0.4, -0.2) is 15.0 Å². The molecule has 0 aliphatic carbocycles. The van der Waals surface area contributed by atoms with Crippen molar-refractivity contribution < 1.29 is 0 Å². The van der Waals surface area contributed by atoms with Crippen LogP contribution in [0, 0.1) is 6.92 Å². The smallest absolute Gasteiger partial charge is 0.115 e. The molecule has 76 valence electrons. The van der Waals surface area contributed by atoms with Crippen molar-refractivity contribution >= 4 is 5.69 Å². The van der Waals surface area contributed by atoms with Crippen molar-refractivity contribution in [2.75, 3.05) is 5.32 Å². The molecule has 0 saturated carbocycles. The first-order valence-electron chi connectivity index (χ1n) is 4.75. The van der Waals surface area contributed by atoms with E-state index in [0.717, 1.165) is 11.4 Å². The van der Waals surface area contributed by atoms with Gasteiger partial charge in [0.05, 0.1) is 24.1 Å². The molecular weight excluding hydrogens is 188 g/mol.